The van der Waals surface area contributed by atoms with E-state index in [-0.39, 0.29) is 5.56 Å². The van der Waals surface area contributed by atoms with Gasteiger partial charge in [-0.3, -0.25) is 0 Å². The molecule has 24 heavy (non-hydrogen) atoms. The van der Waals surface area contributed by atoms with Crippen LogP contribution in [0, 0.1) is 6.92 Å². The molecule has 0 fully saturated rings. The van der Waals surface area contributed by atoms with Crippen molar-refractivity contribution in [2.24, 2.45) is 0 Å². The third kappa shape index (κ3) is 3.49. The molecule has 0 aliphatic rings. The van der Waals surface area contributed by atoms with Gasteiger partial charge in [0.1, 0.15) is 0 Å². The molecular formula is C20H16F3S+. The van der Waals surface area contributed by atoms with Crippen LogP contribution in [0.1, 0.15) is 11.1 Å². The molecule has 0 amide bonds. The van der Waals surface area contributed by atoms with Crippen LogP contribution in [0.25, 0.3) is 0 Å². The molecule has 0 aliphatic heterocycles. The lowest BCUT2D eigenvalue weighted by Crippen LogP contribution is -2.11. The highest BCUT2D eigenvalue weighted by Gasteiger charge is 2.36. The minimum absolute atomic E-state index is 0.246. The molecule has 0 nitrogen and oxygen atoms in total. The molecule has 0 atom stereocenters. The van der Waals surface area contributed by atoms with Gasteiger partial charge < -0.3 is 0 Å². The Balaban J connectivity index is 2.17. The summed E-state index contributed by atoms with van der Waals surface area (Å²) in [5.74, 6) is 0. The second-order valence-corrected chi connectivity index (χ2v) is 7.43. The van der Waals surface area contributed by atoms with Gasteiger partial charge in [0.25, 0.3) is 0 Å². The first kappa shape index (κ1) is 16.7. The first-order valence-corrected chi connectivity index (χ1v) is 8.71. The molecule has 3 aromatic carbocycles. The average molecular weight is 345 g/mol. The van der Waals surface area contributed by atoms with Gasteiger partial charge in [-0.15, -0.1) is 0 Å². The maximum absolute atomic E-state index is 13.3. The third-order valence-electron chi connectivity index (χ3n) is 3.71. The van der Waals surface area contributed by atoms with Crippen molar-refractivity contribution in [1.82, 2.24) is 0 Å². The molecule has 3 aromatic rings. The summed E-state index contributed by atoms with van der Waals surface area (Å²) in [6.07, 6.45) is -4.34. The molecule has 122 valence electrons. The molecule has 0 spiro atoms. The van der Waals surface area contributed by atoms with Crippen LogP contribution in [-0.4, -0.2) is 0 Å². The minimum atomic E-state index is -4.34. The first-order chi connectivity index (χ1) is 11.5. The maximum atomic E-state index is 13.3. The van der Waals surface area contributed by atoms with Gasteiger partial charge in [0.05, 0.1) is 16.5 Å². The standard InChI is InChI=1S/C20H16F3S/c1-15-12-13-18(14-19(15)20(21,22)23)24(16-8-4-2-5-9-16)17-10-6-3-7-11-17/h2-14H,1H3/q+1. The lowest BCUT2D eigenvalue weighted by Gasteiger charge is -2.13. The van der Waals surface area contributed by atoms with Gasteiger partial charge >= 0.3 is 6.18 Å². The van der Waals surface area contributed by atoms with Crippen molar-refractivity contribution < 1.29 is 13.2 Å². The zero-order chi connectivity index (χ0) is 17.2. The lowest BCUT2D eigenvalue weighted by atomic mass is 10.1. The number of alkyl halides is 3. The molecular weight excluding hydrogens is 329 g/mol. The van der Waals surface area contributed by atoms with Crippen molar-refractivity contribution in [3.63, 3.8) is 0 Å². The number of aryl methyl sites for hydroxylation is 1. The summed E-state index contributed by atoms with van der Waals surface area (Å²) < 4.78 is 39.9. The lowest BCUT2D eigenvalue weighted by molar-refractivity contribution is -0.138. The second kappa shape index (κ2) is 6.73. The summed E-state index contributed by atoms with van der Waals surface area (Å²) in [7, 11) is -0.568. The molecule has 0 bridgehead atoms. The van der Waals surface area contributed by atoms with Crippen LogP contribution in [0.3, 0.4) is 0 Å². The largest absolute Gasteiger partial charge is 0.416 e. The van der Waals surface area contributed by atoms with E-state index in [9.17, 15) is 13.2 Å². The average Bonchev–Trinajstić information content (AvgIpc) is 2.57. The highest BCUT2D eigenvalue weighted by molar-refractivity contribution is 7.97. The fourth-order valence-corrected chi connectivity index (χ4v) is 4.67. The van der Waals surface area contributed by atoms with Crippen LogP contribution in [-0.2, 0) is 17.1 Å². The summed E-state index contributed by atoms with van der Waals surface area (Å²) in [5.41, 5.74) is -0.319. The van der Waals surface area contributed by atoms with Gasteiger partial charge in [-0.05, 0) is 42.8 Å². The molecule has 3 rings (SSSR count). The zero-order valence-electron chi connectivity index (χ0n) is 13.0. The molecule has 0 saturated carbocycles. The second-order valence-electron chi connectivity index (χ2n) is 5.41. The van der Waals surface area contributed by atoms with E-state index in [1.165, 1.54) is 13.0 Å². The van der Waals surface area contributed by atoms with E-state index in [0.717, 1.165) is 9.79 Å². The van der Waals surface area contributed by atoms with E-state index in [0.29, 0.717) is 4.90 Å². The van der Waals surface area contributed by atoms with Gasteiger partial charge in [0, 0.05) is 6.07 Å². The summed E-state index contributed by atoms with van der Waals surface area (Å²) in [5, 5.41) is 0. The Morgan fingerprint density at radius 1 is 0.667 bits per heavy atom. The van der Waals surface area contributed by atoms with Gasteiger partial charge in [-0.25, -0.2) is 0 Å². The van der Waals surface area contributed by atoms with Crippen LogP contribution >= 0.6 is 0 Å². The molecule has 0 saturated heterocycles. The molecule has 4 heteroatoms. The predicted molar refractivity (Wildman–Crippen MR) is 91.2 cm³/mol. The van der Waals surface area contributed by atoms with Gasteiger partial charge in [-0.1, -0.05) is 42.5 Å². The van der Waals surface area contributed by atoms with Gasteiger partial charge in [0.15, 0.2) is 14.7 Å². The molecule has 0 heterocycles. The Bertz CT molecular complexity index is 772. The Morgan fingerprint density at radius 3 is 1.62 bits per heavy atom. The van der Waals surface area contributed by atoms with Crippen LogP contribution in [0.4, 0.5) is 13.2 Å². The minimum Gasteiger partial charge on any atom is -0.166 e. The molecule has 0 unspecified atom stereocenters. The summed E-state index contributed by atoms with van der Waals surface area (Å²) in [4.78, 5) is 2.67. The van der Waals surface area contributed by atoms with Crippen molar-refractivity contribution in [1.29, 1.82) is 0 Å². The molecule has 0 aromatic heterocycles. The van der Waals surface area contributed by atoms with E-state index >= 15 is 0 Å². The number of halogens is 3. The summed E-state index contributed by atoms with van der Waals surface area (Å²) in [6.45, 7) is 1.50. The van der Waals surface area contributed by atoms with E-state index in [1.807, 2.05) is 60.7 Å². The van der Waals surface area contributed by atoms with Crippen molar-refractivity contribution in [2.45, 2.75) is 27.8 Å². The molecule has 0 radical (unpaired) electrons. The van der Waals surface area contributed by atoms with Crippen LogP contribution in [0.15, 0.2) is 93.5 Å². The van der Waals surface area contributed by atoms with Crippen LogP contribution in [0.2, 0.25) is 0 Å². The highest BCUT2D eigenvalue weighted by Crippen LogP contribution is 2.37. The third-order valence-corrected chi connectivity index (χ3v) is 5.92. The normalized spacial score (nSPS) is 11.7. The monoisotopic (exact) mass is 345 g/mol. The van der Waals surface area contributed by atoms with Crippen molar-refractivity contribution in [2.75, 3.05) is 0 Å². The Morgan fingerprint density at radius 2 is 1.17 bits per heavy atom. The van der Waals surface area contributed by atoms with E-state index < -0.39 is 22.6 Å². The fourth-order valence-electron chi connectivity index (χ4n) is 2.55. The Hall–Kier alpha value is -2.20. The Labute approximate surface area is 142 Å². The summed E-state index contributed by atoms with van der Waals surface area (Å²) >= 11 is 0. The predicted octanol–water partition coefficient (Wildman–Crippen LogP) is 6.11. The number of benzene rings is 3. The Kier molecular flexibility index (Phi) is 4.67. The van der Waals surface area contributed by atoms with Crippen LogP contribution < -0.4 is 0 Å². The zero-order valence-corrected chi connectivity index (χ0v) is 13.9. The molecule has 0 N–H and O–H groups in total. The van der Waals surface area contributed by atoms with Crippen molar-refractivity contribution in [3.05, 3.63) is 90.0 Å². The van der Waals surface area contributed by atoms with Crippen molar-refractivity contribution >= 4 is 10.9 Å². The highest BCUT2D eigenvalue weighted by atomic mass is 32.2. The topological polar surface area (TPSA) is 0 Å². The SMILES string of the molecule is Cc1ccc([S+](c2ccccc2)c2ccccc2)cc1C(F)(F)F. The number of hydrogen-bond donors (Lipinski definition) is 0. The summed E-state index contributed by atoms with van der Waals surface area (Å²) in [6, 6.07) is 24.0. The number of hydrogen-bond acceptors (Lipinski definition) is 0. The van der Waals surface area contributed by atoms with E-state index in [2.05, 4.69) is 0 Å². The fraction of sp³-hybridized carbons (Fsp3) is 0.100. The number of rotatable bonds is 3. The van der Waals surface area contributed by atoms with E-state index in [1.54, 1.807) is 12.1 Å². The molecule has 0 aliphatic carbocycles. The van der Waals surface area contributed by atoms with Gasteiger partial charge in [-0.2, -0.15) is 13.2 Å². The maximum Gasteiger partial charge on any atom is 0.416 e. The first-order valence-electron chi connectivity index (χ1n) is 7.49. The van der Waals surface area contributed by atoms with Gasteiger partial charge in [0.2, 0.25) is 0 Å². The van der Waals surface area contributed by atoms with E-state index in [4.69, 9.17) is 0 Å². The quantitative estimate of drug-likeness (QED) is 0.502. The van der Waals surface area contributed by atoms with Crippen LogP contribution in [0.5, 0.6) is 0 Å². The van der Waals surface area contributed by atoms with Crippen molar-refractivity contribution in [3.8, 4) is 0 Å². The smallest absolute Gasteiger partial charge is 0.166 e.